The van der Waals surface area contributed by atoms with E-state index in [-0.39, 0.29) is 0 Å². The summed E-state index contributed by atoms with van der Waals surface area (Å²) in [4.78, 5) is 0. The van der Waals surface area contributed by atoms with Gasteiger partial charge in [0.25, 0.3) is 0 Å². The van der Waals surface area contributed by atoms with E-state index in [1.54, 1.807) is 0 Å². The average Bonchev–Trinajstić information content (AvgIpc) is 2.51. The van der Waals surface area contributed by atoms with Gasteiger partial charge in [-0.25, -0.2) is 0 Å². The van der Waals surface area contributed by atoms with Crippen molar-refractivity contribution < 1.29 is 9.47 Å². The third-order valence-corrected chi connectivity index (χ3v) is 4.97. The van der Waals surface area contributed by atoms with Gasteiger partial charge in [0.05, 0.1) is 12.7 Å². The van der Waals surface area contributed by atoms with Gasteiger partial charge in [0, 0.05) is 11.5 Å². The molecule has 1 aliphatic carbocycles. The van der Waals surface area contributed by atoms with E-state index in [2.05, 4.69) is 26.1 Å². The molecule has 1 aromatic rings. The maximum atomic E-state index is 6.11. The van der Waals surface area contributed by atoms with Gasteiger partial charge < -0.3 is 14.8 Å². The first kappa shape index (κ1) is 16.3. The van der Waals surface area contributed by atoms with E-state index in [1.165, 1.54) is 12.8 Å². The Bertz CT molecular complexity index is 403. The highest BCUT2D eigenvalue weighted by molar-refractivity contribution is 5.20. The highest BCUT2D eigenvalue weighted by Crippen LogP contribution is 2.48. The molecule has 1 saturated carbocycles. The van der Waals surface area contributed by atoms with Gasteiger partial charge in [-0.15, -0.1) is 0 Å². The molecule has 2 unspecified atom stereocenters. The van der Waals surface area contributed by atoms with Gasteiger partial charge in [0.1, 0.15) is 12.4 Å². The van der Waals surface area contributed by atoms with Crippen LogP contribution >= 0.6 is 0 Å². The van der Waals surface area contributed by atoms with E-state index in [1.807, 2.05) is 30.3 Å². The van der Waals surface area contributed by atoms with Gasteiger partial charge in [0.2, 0.25) is 0 Å². The molecule has 21 heavy (non-hydrogen) atoms. The van der Waals surface area contributed by atoms with Gasteiger partial charge in [-0.3, -0.25) is 0 Å². The lowest BCUT2D eigenvalue weighted by molar-refractivity contribution is -0.143. The van der Waals surface area contributed by atoms with Crippen LogP contribution in [0.5, 0.6) is 5.75 Å². The summed E-state index contributed by atoms with van der Waals surface area (Å²) in [6.07, 6.45) is 3.84. The molecule has 0 saturated heterocycles. The van der Waals surface area contributed by atoms with Crippen LogP contribution in [0.1, 0.15) is 40.0 Å². The molecule has 1 fully saturated rings. The highest BCUT2D eigenvalue weighted by Gasteiger charge is 2.52. The standard InChI is InChI=1S/C18H29NO2/c1-4-18(5-2)16(19-6-3)14-17(18)21-13-12-20-15-10-8-7-9-11-15/h7-11,16-17,19H,4-6,12-14H2,1-3H3. The predicted octanol–water partition coefficient (Wildman–Crippen LogP) is 3.64. The SMILES string of the molecule is CCNC1CC(OCCOc2ccccc2)C1(CC)CC. The van der Waals surface area contributed by atoms with E-state index in [0.29, 0.717) is 30.8 Å². The van der Waals surface area contributed by atoms with Crippen LogP contribution in [-0.4, -0.2) is 31.9 Å². The van der Waals surface area contributed by atoms with Crippen LogP contribution in [0.3, 0.4) is 0 Å². The predicted molar refractivity (Wildman–Crippen MR) is 86.8 cm³/mol. The summed E-state index contributed by atoms with van der Waals surface area (Å²) in [6, 6.07) is 10.5. The molecule has 3 heteroatoms. The van der Waals surface area contributed by atoms with Gasteiger partial charge in [-0.2, -0.15) is 0 Å². The lowest BCUT2D eigenvalue weighted by Crippen LogP contribution is -2.63. The van der Waals surface area contributed by atoms with Crippen LogP contribution in [0.15, 0.2) is 30.3 Å². The summed E-state index contributed by atoms with van der Waals surface area (Å²) in [5.74, 6) is 0.914. The average molecular weight is 291 g/mol. The molecule has 3 nitrogen and oxygen atoms in total. The van der Waals surface area contributed by atoms with Crippen molar-refractivity contribution in [1.82, 2.24) is 5.32 Å². The fourth-order valence-corrected chi connectivity index (χ4v) is 3.58. The molecule has 1 N–H and O–H groups in total. The van der Waals surface area contributed by atoms with Crippen molar-refractivity contribution in [3.05, 3.63) is 30.3 Å². The summed E-state index contributed by atoms with van der Waals surface area (Å²) in [6.45, 7) is 9.07. The molecule has 0 spiro atoms. The maximum Gasteiger partial charge on any atom is 0.119 e. The van der Waals surface area contributed by atoms with E-state index in [0.717, 1.165) is 18.7 Å². The number of benzene rings is 1. The Balaban J connectivity index is 1.75. The minimum Gasteiger partial charge on any atom is -0.491 e. The zero-order chi connectivity index (χ0) is 15.1. The third kappa shape index (κ3) is 3.58. The third-order valence-electron chi connectivity index (χ3n) is 4.97. The first-order valence-electron chi connectivity index (χ1n) is 8.29. The molecule has 0 amide bonds. The van der Waals surface area contributed by atoms with Crippen LogP contribution in [0.2, 0.25) is 0 Å². The zero-order valence-electron chi connectivity index (χ0n) is 13.6. The molecular formula is C18H29NO2. The lowest BCUT2D eigenvalue weighted by Gasteiger charge is -2.55. The van der Waals surface area contributed by atoms with Crippen molar-refractivity contribution in [1.29, 1.82) is 0 Å². The monoisotopic (exact) mass is 291 g/mol. The minimum atomic E-state index is 0.308. The van der Waals surface area contributed by atoms with Crippen molar-refractivity contribution in [3.8, 4) is 5.75 Å². The Morgan fingerprint density at radius 2 is 1.81 bits per heavy atom. The fourth-order valence-electron chi connectivity index (χ4n) is 3.58. The van der Waals surface area contributed by atoms with Crippen molar-refractivity contribution >= 4 is 0 Å². The molecule has 2 rings (SSSR count). The van der Waals surface area contributed by atoms with Crippen molar-refractivity contribution in [3.63, 3.8) is 0 Å². The smallest absolute Gasteiger partial charge is 0.119 e. The number of para-hydroxylation sites is 1. The van der Waals surface area contributed by atoms with Crippen molar-refractivity contribution in [2.45, 2.75) is 52.2 Å². The summed E-state index contributed by atoms with van der Waals surface area (Å²) in [5.41, 5.74) is 0.308. The van der Waals surface area contributed by atoms with Crippen LogP contribution in [0.25, 0.3) is 0 Å². The summed E-state index contributed by atoms with van der Waals surface area (Å²) in [5, 5.41) is 3.61. The van der Waals surface area contributed by atoms with E-state index in [4.69, 9.17) is 9.47 Å². The van der Waals surface area contributed by atoms with E-state index in [9.17, 15) is 0 Å². The first-order valence-corrected chi connectivity index (χ1v) is 8.29. The van der Waals surface area contributed by atoms with Crippen LogP contribution < -0.4 is 10.1 Å². The second-order valence-electron chi connectivity index (χ2n) is 5.81. The van der Waals surface area contributed by atoms with Crippen molar-refractivity contribution in [2.24, 2.45) is 5.41 Å². The molecule has 0 radical (unpaired) electrons. The first-order chi connectivity index (χ1) is 10.3. The summed E-state index contributed by atoms with van der Waals surface area (Å²) < 4.78 is 11.8. The normalized spacial score (nSPS) is 23.6. The molecule has 118 valence electrons. The second-order valence-corrected chi connectivity index (χ2v) is 5.81. The number of rotatable bonds is 9. The largest absolute Gasteiger partial charge is 0.491 e. The molecule has 0 aromatic heterocycles. The number of hydrogen-bond donors (Lipinski definition) is 1. The topological polar surface area (TPSA) is 30.5 Å². The number of hydrogen-bond acceptors (Lipinski definition) is 3. The molecule has 0 aliphatic heterocycles. The van der Waals surface area contributed by atoms with Gasteiger partial charge in [-0.05, 0) is 37.9 Å². The molecule has 1 aromatic carbocycles. The Morgan fingerprint density at radius 3 is 2.43 bits per heavy atom. The molecular weight excluding hydrogens is 262 g/mol. The zero-order valence-corrected chi connectivity index (χ0v) is 13.6. The minimum absolute atomic E-state index is 0.308. The van der Waals surface area contributed by atoms with Gasteiger partial charge in [0.15, 0.2) is 0 Å². The van der Waals surface area contributed by atoms with Crippen LogP contribution in [-0.2, 0) is 4.74 Å². The van der Waals surface area contributed by atoms with Gasteiger partial charge >= 0.3 is 0 Å². The van der Waals surface area contributed by atoms with E-state index < -0.39 is 0 Å². The summed E-state index contributed by atoms with van der Waals surface area (Å²) in [7, 11) is 0. The van der Waals surface area contributed by atoms with Gasteiger partial charge in [-0.1, -0.05) is 39.0 Å². The van der Waals surface area contributed by atoms with Crippen LogP contribution in [0.4, 0.5) is 0 Å². The number of nitrogens with one attached hydrogen (secondary N) is 1. The molecule has 0 heterocycles. The second kappa shape index (κ2) is 7.81. The number of ether oxygens (including phenoxy) is 2. The lowest BCUT2D eigenvalue weighted by atomic mass is 9.58. The Morgan fingerprint density at radius 1 is 1.10 bits per heavy atom. The fraction of sp³-hybridized carbons (Fsp3) is 0.667. The quantitative estimate of drug-likeness (QED) is 0.705. The Labute approximate surface area is 129 Å². The van der Waals surface area contributed by atoms with Crippen molar-refractivity contribution in [2.75, 3.05) is 19.8 Å². The summed E-state index contributed by atoms with van der Waals surface area (Å²) >= 11 is 0. The Hall–Kier alpha value is -1.06. The molecule has 1 aliphatic rings. The highest BCUT2D eigenvalue weighted by atomic mass is 16.5. The van der Waals surface area contributed by atoms with Crippen LogP contribution in [0, 0.1) is 5.41 Å². The maximum absolute atomic E-state index is 6.11. The van der Waals surface area contributed by atoms with E-state index >= 15 is 0 Å². The molecule has 0 bridgehead atoms. The molecule has 2 atom stereocenters. The Kier molecular flexibility index (Phi) is 6.07.